The molecule has 0 saturated carbocycles. The minimum absolute atomic E-state index is 0.0988. The van der Waals surface area contributed by atoms with Crippen molar-refractivity contribution < 1.29 is 4.79 Å². The van der Waals surface area contributed by atoms with Crippen molar-refractivity contribution >= 4 is 11.6 Å². The molecular weight excluding hydrogens is 260 g/mol. The van der Waals surface area contributed by atoms with Crippen LogP contribution in [0.1, 0.15) is 27.0 Å². The summed E-state index contributed by atoms with van der Waals surface area (Å²) in [4.78, 5) is 15.0. The highest BCUT2D eigenvalue weighted by atomic mass is 16.2. The maximum absolute atomic E-state index is 13.1. The summed E-state index contributed by atoms with van der Waals surface area (Å²) < 4.78 is 0. The molecule has 2 aromatic carbocycles. The van der Waals surface area contributed by atoms with Gasteiger partial charge in [0.2, 0.25) is 0 Å². The zero-order valence-corrected chi connectivity index (χ0v) is 12.5. The van der Waals surface area contributed by atoms with Gasteiger partial charge in [-0.1, -0.05) is 36.4 Å². The number of nitrogens with zero attached hydrogens (tertiary/aromatic N) is 1. The third kappa shape index (κ3) is 2.57. The molecule has 3 heteroatoms. The van der Waals surface area contributed by atoms with Crippen molar-refractivity contribution in [1.29, 1.82) is 0 Å². The Morgan fingerprint density at radius 2 is 1.76 bits per heavy atom. The summed E-state index contributed by atoms with van der Waals surface area (Å²) in [5.74, 6) is 0.0988. The lowest BCUT2D eigenvalue weighted by atomic mass is 10.0. The molecule has 0 atom stereocenters. The summed E-state index contributed by atoms with van der Waals surface area (Å²) in [6, 6.07) is 14.1. The average molecular weight is 280 g/mol. The summed E-state index contributed by atoms with van der Waals surface area (Å²) in [5.41, 5.74) is 5.10. The number of hydrogen-bond acceptors (Lipinski definition) is 2. The number of hydrogen-bond donors (Lipinski definition) is 1. The molecule has 0 aromatic heterocycles. The van der Waals surface area contributed by atoms with Gasteiger partial charge in [-0.2, -0.15) is 0 Å². The number of para-hydroxylation sites is 1. The van der Waals surface area contributed by atoms with Crippen molar-refractivity contribution in [2.75, 3.05) is 18.0 Å². The van der Waals surface area contributed by atoms with Gasteiger partial charge in [0, 0.05) is 30.9 Å². The number of amides is 1. The second-order valence-corrected chi connectivity index (χ2v) is 5.53. The molecule has 1 N–H and O–H groups in total. The average Bonchev–Trinajstić information content (AvgIpc) is 2.69. The monoisotopic (exact) mass is 280 g/mol. The van der Waals surface area contributed by atoms with Crippen LogP contribution in [0.2, 0.25) is 0 Å². The molecule has 0 spiro atoms. The van der Waals surface area contributed by atoms with E-state index in [4.69, 9.17) is 0 Å². The van der Waals surface area contributed by atoms with Gasteiger partial charge in [0.05, 0.1) is 0 Å². The van der Waals surface area contributed by atoms with Crippen molar-refractivity contribution in [3.8, 4) is 0 Å². The first-order chi connectivity index (χ1) is 10.2. The molecule has 3 rings (SSSR count). The molecular formula is C18H20N2O. The molecule has 108 valence electrons. The predicted octanol–water partition coefficient (Wildman–Crippen LogP) is 3.05. The Bertz CT molecular complexity index is 658. The normalized spacial score (nSPS) is 14.5. The van der Waals surface area contributed by atoms with E-state index in [1.807, 2.05) is 55.1 Å². The van der Waals surface area contributed by atoms with E-state index in [0.29, 0.717) is 6.54 Å². The highest BCUT2D eigenvalue weighted by molar-refractivity contribution is 6.08. The zero-order chi connectivity index (χ0) is 14.8. The van der Waals surface area contributed by atoms with Crippen molar-refractivity contribution in [3.05, 3.63) is 64.7 Å². The van der Waals surface area contributed by atoms with Crippen LogP contribution < -0.4 is 10.2 Å². The third-order valence-corrected chi connectivity index (χ3v) is 4.05. The van der Waals surface area contributed by atoms with Gasteiger partial charge in [0.25, 0.3) is 5.91 Å². The summed E-state index contributed by atoms with van der Waals surface area (Å²) in [6.45, 7) is 6.33. The van der Waals surface area contributed by atoms with E-state index in [-0.39, 0.29) is 5.91 Å². The first kappa shape index (κ1) is 13.8. The molecule has 1 aliphatic rings. The lowest BCUT2D eigenvalue weighted by Crippen LogP contribution is -2.35. The van der Waals surface area contributed by atoms with Gasteiger partial charge in [0.15, 0.2) is 0 Å². The minimum atomic E-state index is 0.0988. The van der Waals surface area contributed by atoms with Gasteiger partial charge in [-0.3, -0.25) is 4.79 Å². The first-order valence-corrected chi connectivity index (χ1v) is 7.35. The number of carbonyl (C=O) groups excluding carboxylic acids is 1. The Hall–Kier alpha value is -2.13. The van der Waals surface area contributed by atoms with E-state index < -0.39 is 0 Å². The fourth-order valence-electron chi connectivity index (χ4n) is 2.96. The summed E-state index contributed by atoms with van der Waals surface area (Å²) in [7, 11) is 0. The van der Waals surface area contributed by atoms with E-state index in [0.717, 1.165) is 35.5 Å². The quantitative estimate of drug-likeness (QED) is 0.870. The van der Waals surface area contributed by atoms with Gasteiger partial charge in [-0.15, -0.1) is 0 Å². The fourth-order valence-corrected chi connectivity index (χ4v) is 2.96. The Labute approximate surface area is 125 Å². The topological polar surface area (TPSA) is 32.3 Å². The SMILES string of the molecule is Cc1cccc(C)c1C(=O)N1CCNCc2ccccc21. The zero-order valence-electron chi connectivity index (χ0n) is 12.5. The number of aryl methyl sites for hydroxylation is 2. The van der Waals surface area contributed by atoms with Gasteiger partial charge < -0.3 is 10.2 Å². The summed E-state index contributed by atoms with van der Waals surface area (Å²) in [5, 5.41) is 3.38. The maximum atomic E-state index is 13.1. The number of benzene rings is 2. The molecule has 0 radical (unpaired) electrons. The largest absolute Gasteiger partial charge is 0.311 e. The van der Waals surface area contributed by atoms with Crippen LogP contribution in [0, 0.1) is 13.8 Å². The van der Waals surface area contributed by atoms with Crippen LogP contribution in [-0.4, -0.2) is 19.0 Å². The van der Waals surface area contributed by atoms with Gasteiger partial charge >= 0.3 is 0 Å². The molecule has 3 nitrogen and oxygen atoms in total. The van der Waals surface area contributed by atoms with E-state index in [9.17, 15) is 4.79 Å². The fraction of sp³-hybridized carbons (Fsp3) is 0.278. The number of nitrogens with one attached hydrogen (secondary N) is 1. The molecule has 1 amide bonds. The molecule has 21 heavy (non-hydrogen) atoms. The molecule has 0 unspecified atom stereocenters. The van der Waals surface area contributed by atoms with Crippen molar-refractivity contribution in [3.63, 3.8) is 0 Å². The van der Waals surface area contributed by atoms with Crippen LogP contribution in [0.4, 0.5) is 5.69 Å². The van der Waals surface area contributed by atoms with Crippen LogP contribution in [0.25, 0.3) is 0 Å². The smallest absolute Gasteiger partial charge is 0.258 e. The van der Waals surface area contributed by atoms with Crippen LogP contribution in [-0.2, 0) is 6.54 Å². The van der Waals surface area contributed by atoms with Crippen LogP contribution in [0.15, 0.2) is 42.5 Å². The van der Waals surface area contributed by atoms with E-state index >= 15 is 0 Å². The molecule has 1 aliphatic heterocycles. The maximum Gasteiger partial charge on any atom is 0.258 e. The van der Waals surface area contributed by atoms with Crippen molar-refractivity contribution in [2.24, 2.45) is 0 Å². The van der Waals surface area contributed by atoms with Crippen LogP contribution in [0.5, 0.6) is 0 Å². The van der Waals surface area contributed by atoms with Crippen molar-refractivity contribution in [1.82, 2.24) is 5.32 Å². The lowest BCUT2D eigenvalue weighted by molar-refractivity contribution is 0.0986. The van der Waals surface area contributed by atoms with E-state index in [1.54, 1.807) is 0 Å². The van der Waals surface area contributed by atoms with E-state index in [2.05, 4.69) is 11.4 Å². The van der Waals surface area contributed by atoms with Gasteiger partial charge in [0.1, 0.15) is 0 Å². The summed E-state index contributed by atoms with van der Waals surface area (Å²) >= 11 is 0. The molecule has 0 fully saturated rings. The Kier molecular flexibility index (Phi) is 3.76. The van der Waals surface area contributed by atoms with Crippen LogP contribution in [0.3, 0.4) is 0 Å². The molecule has 0 aliphatic carbocycles. The van der Waals surface area contributed by atoms with Crippen molar-refractivity contribution in [2.45, 2.75) is 20.4 Å². The van der Waals surface area contributed by atoms with Gasteiger partial charge in [-0.25, -0.2) is 0 Å². The van der Waals surface area contributed by atoms with Gasteiger partial charge in [-0.05, 0) is 36.6 Å². The Morgan fingerprint density at radius 3 is 2.52 bits per heavy atom. The second-order valence-electron chi connectivity index (χ2n) is 5.53. The number of carbonyl (C=O) groups is 1. The summed E-state index contributed by atoms with van der Waals surface area (Å²) in [6.07, 6.45) is 0. The molecule has 1 heterocycles. The Morgan fingerprint density at radius 1 is 1.05 bits per heavy atom. The second kappa shape index (κ2) is 5.70. The van der Waals surface area contributed by atoms with E-state index in [1.165, 1.54) is 5.56 Å². The molecule has 0 saturated heterocycles. The lowest BCUT2D eigenvalue weighted by Gasteiger charge is -2.24. The Balaban J connectivity index is 2.06. The molecule has 0 bridgehead atoms. The van der Waals surface area contributed by atoms with Crippen LogP contribution >= 0.6 is 0 Å². The number of rotatable bonds is 1. The molecule has 2 aromatic rings. The minimum Gasteiger partial charge on any atom is -0.311 e. The standard InChI is InChI=1S/C18H20N2O/c1-13-6-5-7-14(2)17(13)18(21)20-11-10-19-12-15-8-3-4-9-16(15)20/h3-9,19H,10-12H2,1-2H3. The third-order valence-electron chi connectivity index (χ3n) is 4.05. The predicted molar refractivity (Wildman–Crippen MR) is 85.7 cm³/mol. The highest BCUT2D eigenvalue weighted by Crippen LogP contribution is 2.25. The number of anilines is 1. The highest BCUT2D eigenvalue weighted by Gasteiger charge is 2.24. The number of fused-ring (bicyclic) bond motifs is 1. The first-order valence-electron chi connectivity index (χ1n) is 7.35.